The van der Waals surface area contributed by atoms with Gasteiger partial charge in [0.2, 0.25) is 0 Å². The highest BCUT2D eigenvalue weighted by molar-refractivity contribution is 5.84. The topological polar surface area (TPSA) is 26.3 Å². The van der Waals surface area contributed by atoms with Gasteiger partial charge >= 0.3 is 0 Å². The maximum absolute atomic E-state index is 11.9. The van der Waals surface area contributed by atoms with Crippen LogP contribution < -0.4 is 0 Å². The van der Waals surface area contributed by atoms with Crippen molar-refractivity contribution >= 4 is 5.78 Å². The fourth-order valence-corrected chi connectivity index (χ4v) is 1.27. The molecule has 0 saturated heterocycles. The first-order valence-electron chi connectivity index (χ1n) is 6.22. The first-order chi connectivity index (χ1) is 7.04. The molecule has 2 heteroatoms. The molecule has 16 heavy (non-hydrogen) atoms. The number of hydrogen-bond donors (Lipinski definition) is 0. The molecular weight excluding hydrogens is 200 g/mol. The van der Waals surface area contributed by atoms with Crippen LogP contribution in [0.4, 0.5) is 0 Å². The summed E-state index contributed by atoms with van der Waals surface area (Å²) in [7, 11) is 0. The van der Waals surface area contributed by atoms with Gasteiger partial charge in [-0.15, -0.1) is 0 Å². The number of ketones is 1. The molecule has 0 aromatic heterocycles. The zero-order valence-electron chi connectivity index (χ0n) is 12.0. The first-order valence-corrected chi connectivity index (χ1v) is 6.22. The van der Waals surface area contributed by atoms with Gasteiger partial charge in [0.1, 0.15) is 5.78 Å². The second-order valence-corrected chi connectivity index (χ2v) is 6.64. The predicted octanol–water partition coefficient (Wildman–Crippen LogP) is 3.83. The molecule has 0 spiro atoms. The van der Waals surface area contributed by atoms with E-state index in [1.807, 2.05) is 34.6 Å². The molecule has 0 rings (SSSR count). The molecule has 0 bridgehead atoms. The van der Waals surface area contributed by atoms with E-state index in [-0.39, 0.29) is 16.8 Å². The molecule has 0 fully saturated rings. The molecule has 0 aliphatic carbocycles. The average molecular weight is 228 g/mol. The minimum Gasteiger partial charge on any atom is -0.375 e. The van der Waals surface area contributed by atoms with Crippen LogP contribution in [0, 0.1) is 11.3 Å². The van der Waals surface area contributed by atoms with Gasteiger partial charge < -0.3 is 4.74 Å². The second kappa shape index (κ2) is 5.81. The Bertz CT molecular complexity index is 221. The third-order valence-corrected chi connectivity index (χ3v) is 2.61. The van der Waals surface area contributed by atoms with Gasteiger partial charge in [0.15, 0.2) is 0 Å². The molecule has 0 amide bonds. The molecule has 0 aliphatic rings. The number of carbonyl (C=O) groups is 1. The third kappa shape index (κ3) is 7.00. The summed E-state index contributed by atoms with van der Waals surface area (Å²) in [6.07, 6.45) is 1.54. The number of carbonyl (C=O) groups excluding carboxylic acids is 1. The van der Waals surface area contributed by atoms with Gasteiger partial charge in [-0.2, -0.15) is 0 Å². The molecule has 0 aliphatic heterocycles. The van der Waals surface area contributed by atoms with Gasteiger partial charge in [-0.1, -0.05) is 34.6 Å². The zero-order valence-corrected chi connectivity index (χ0v) is 12.0. The van der Waals surface area contributed by atoms with Crippen LogP contribution in [-0.2, 0) is 9.53 Å². The third-order valence-electron chi connectivity index (χ3n) is 2.61. The molecule has 0 unspecified atom stereocenters. The summed E-state index contributed by atoms with van der Waals surface area (Å²) in [5.74, 6) is 0.913. The highest BCUT2D eigenvalue weighted by Crippen LogP contribution is 2.24. The van der Waals surface area contributed by atoms with E-state index in [4.69, 9.17) is 4.74 Å². The van der Waals surface area contributed by atoms with Crippen LogP contribution in [0.3, 0.4) is 0 Å². The standard InChI is InChI=1S/C14H28O2/c1-11(2)8-9-16-14(6,7)10-12(15)13(3,4)5/h11H,8-10H2,1-7H3. The van der Waals surface area contributed by atoms with Crippen LogP contribution in [0.15, 0.2) is 0 Å². The van der Waals surface area contributed by atoms with Gasteiger partial charge in [-0.3, -0.25) is 4.79 Å². The minimum absolute atomic E-state index is 0.265. The highest BCUT2D eigenvalue weighted by atomic mass is 16.5. The molecule has 0 aromatic rings. The summed E-state index contributed by atoms with van der Waals surface area (Å²) in [6.45, 7) is 15.0. The van der Waals surface area contributed by atoms with E-state index < -0.39 is 0 Å². The van der Waals surface area contributed by atoms with Crippen LogP contribution >= 0.6 is 0 Å². The number of Topliss-reactive ketones (excluding diaryl/α,β-unsaturated/α-hetero) is 1. The van der Waals surface area contributed by atoms with Crippen LogP contribution in [0.25, 0.3) is 0 Å². The van der Waals surface area contributed by atoms with Crippen molar-refractivity contribution in [2.24, 2.45) is 11.3 Å². The molecular formula is C14H28O2. The summed E-state index contributed by atoms with van der Waals surface area (Å²) in [5, 5.41) is 0. The van der Waals surface area contributed by atoms with Crippen molar-refractivity contribution < 1.29 is 9.53 Å². The lowest BCUT2D eigenvalue weighted by Crippen LogP contribution is -2.33. The number of hydrogen-bond acceptors (Lipinski definition) is 2. The Morgan fingerprint density at radius 2 is 1.62 bits per heavy atom. The van der Waals surface area contributed by atoms with Crippen LogP contribution in [-0.4, -0.2) is 18.0 Å². The molecule has 0 saturated carbocycles. The second-order valence-electron chi connectivity index (χ2n) is 6.64. The Kier molecular flexibility index (Phi) is 5.67. The van der Waals surface area contributed by atoms with E-state index in [0.717, 1.165) is 13.0 Å². The fraction of sp³-hybridized carbons (Fsp3) is 0.929. The van der Waals surface area contributed by atoms with E-state index >= 15 is 0 Å². The Balaban J connectivity index is 4.09. The minimum atomic E-state index is -0.334. The lowest BCUT2D eigenvalue weighted by Gasteiger charge is -2.28. The van der Waals surface area contributed by atoms with Gasteiger partial charge in [-0.05, 0) is 26.2 Å². The van der Waals surface area contributed by atoms with Gasteiger partial charge in [-0.25, -0.2) is 0 Å². The zero-order chi connectivity index (χ0) is 13.0. The van der Waals surface area contributed by atoms with Crippen LogP contribution in [0.2, 0.25) is 0 Å². The largest absolute Gasteiger partial charge is 0.375 e. The van der Waals surface area contributed by atoms with E-state index in [1.165, 1.54) is 0 Å². The molecule has 0 aromatic carbocycles. The normalized spacial score (nSPS) is 13.2. The van der Waals surface area contributed by atoms with Crippen LogP contribution in [0.5, 0.6) is 0 Å². The maximum Gasteiger partial charge on any atom is 0.141 e. The Hall–Kier alpha value is -0.370. The van der Waals surface area contributed by atoms with Crippen molar-refractivity contribution in [1.29, 1.82) is 0 Å². The van der Waals surface area contributed by atoms with Crippen molar-refractivity contribution in [2.75, 3.05) is 6.61 Å². The van der Waals surface area contributed by atoms with Gasteiger partial charge in [0, 0.05) is 18.4 Å². The van der Waals surface area contributed by atoms with Gasteiger partial charge in [0.25, 0.3) is 0 Å². The number of ether oxygens (including phenoxy) is 1. The van der Waals surface area contributed by atoms with E-state index in [1.54, 1.807) is 0 Å². The fourth-order valence-electron chi connectivity index (χ4n) is 1.27. The van der Waals surface area contributed by atoms with Crippen LogP contribution in [0.1, 0.15) is 61.3 Å². The molecule has 2 nitrogen and oxygen atoms in total. The summed E-state index contributed by atoms with van der Waals surface area (Å²) in [5.41, 5.74) is -0.599. The molecule has 0 atom stereocenters. The van der Waals surface area contributed by atoms with Crippen molar-refractivity contribution in [2.45, 2.75) is 66.9 Å². The smallest absolute Gasteiger partial charge is 0.141 e. The summed E-state index contributed by atoms with van der Waals surface area (Å²) >= 11 is 0. The average Bonchev–Trinajstić information content (AvgIpc) is 1.99. The lowest BCUT2D eigenvalue weighted by atomic mass is 9.84. The summed E-state index contributed by atoms with van der Waals surface area (Å²) in [4.78, 5) is 11.9. The predicted molar refractivity (Wildman–Crippen MR) is 68.6 cm³/mol. The van der Waals surface area contributed by atoms with E-state index in [2.05, 4.69) is 13.8 Å². The maximum atomic E-state index is 11.9. The SMILES string of the molecule is CC(C)CCOC(C)(C)CC(=O)C(C)(C)C. The number of rotatable bonds is 6. The van der Waals surface area contributed by atoms with Crippen molar-refractivity contribution in [3.8, 4) is 0 Å². The molecule has 0 N–H and O–H groups in total. The Labute approximate surface area is 101 Å². The van der Waals surface area contributed by atoms with Crippen molar-refractivity contribution in [1.82, 2.24) is 0 Å². The summed E-state index contributed by atoms with van der Waals surface area (Å²) < 4.78 is 5.79. The van der Waals surface area contributed by atoms with Gasteiger partial charge in [0.05, 0.1) is 5.60 Å². The van der Waals surface area contributed by atoms with E-state index in [0.29, 0.717) is 12.3 Å². The van der Waals surface area contributed by atoms with Crippen molar-refractivity contribution in [3.05, 3.63) is 0 Å². The molecule has 0 radical (unpaired) electrons. The lowest BCUT2D eigenvalue weighted by molar-refractivity contribution is -0.132. The van der Waals surface area contributed by atoms with E-state index in [9.17, 15) is 4.79 Å². The highest BCUT2D eigenvalue weighted by Gasteiger charge is 2.29. The summed E-state index contributed by atoms with van der Waals surface area (Å²) in [6, 6.07) is 0. The first kappa shape index (κ1) is 15.6. The quantitative estimate of drug-likeness (QED) is 0.690. The van der Waals surface area contributed by atoms with Crippen molar-refractivity contribution in [3.63, 3.8) is 0 Å². The molecule has 0 heterocycles. The Morgan fingerprint density at radius 1 is 1.12 bits per heavy atom. The monoisotopic (exact) mass is 228 g/mol. The Morgan fingerprint density at radius 3 is 2.00 bits per heavy atom. The molecule has 96 valence electrons.